The van der Waals surface area contributed by atoms with Crippen LogP contribution in [0.3, 0.4) is 0 Å². The summed E-state index contributed by atoms with van der Waals surface area (Å²) in [5.74, 6) is 0. The molecule has 0 aliphatic carbocycles. The number of rotatable bonds is 2. The predicted molar refractivity (Wildman–Crippen MR) is 30.3 cm³/mol. The third-order valence-corrected chi connectivity index (χ3v) is 1.17. The second-order valence-corrected chi connectivity index (χ2v) is 2.24. The minimum atomic E-state index is -1.03. The Morgan fingerprint density at radius 2 is 2.50 bits per heavy atom. The molecular weight excluding hydrogens is 155 g/mol. The van der Waals surface area contributed by atoms with Crippen LogP contribution in [0.25, 0.3) is 0 Å². The van der Waals surface area contributed by atoms with Gasteiger partial charge in [-0.3, -0.25) is 8.98 Å². The summed E-state index contributed by atoms with van der Waals surface area (Å²) in [5, 5.41) is 0. The molecule has 0 amide bonds. The number of carbonyl (C=O) groups excluding carboxylic acids is 1. The van der Waals surface area contributed by atoms with Crippen molar-refractivity contribution >= 4 is 28.5 Å². The van der Waals surface area contributed by atoms with Crippen molar-refractivity contribution in [1.29, 1.82) is 0 Å². The van der Waals surface area contributed by atoms with Crippen LogP contribution in [0, 0.1) is 0 Å². The van der Waals surface area contributed by atoms with Gasteiger partial charge in [0, 0.05) is 0 Å². The van der Waals surface area contributed by atoms with Gasteiger partial charge in [-0.1, -0.05) is 0 Å². The third kappa shape index (κ3) is 4.38. The maximum absolute atomic E-state index is 11.0. The van der Waals surface area contributed by atoms with Crippen molar-refractivity contribution in [1.82, 2.24) is 0 Å². The molecule has 0 atom stereocenters. The average molecular weight is 158 g/mol. The molecule has 0 fully saturated rings. The predicted octanol–water partition coefficient (Wildman–Crippen LogP) is 1.90. The molecular formula is C2H3FO3S2. The first-order chi connectivity index (χ1) is 3.81. The van der Waals surface area contributed by atoms with E-state index in [2.05, 4.69) is 4.18 Å². The van der Waals surface area contributed by atoms with Gasteiger partial charge in [0.2, 0.25) is 6.86 Å². The Labute approximate surface area is 54.0 Å². The molecule has 0 rings (SSSR count). The zero-order chi connectivity index (χ0) is 6.41. The molecule has 0 aliphatic heterocycles. The van der Waals surface area contributed by atoms with Gasteiger partial charge >= 0.3 is 0 Å². The van der Waals surface area contributed by atoms with E-state index in [0.717, 1.165) is 0 Å². The lowest BCUT2D eigenvalue weighted by atomic mass is 11.6. The normalized spacial score (nSPS) is 9.25. The second kappa shape index (κ2) is 5.36. The Morgan fingerprint density at radius 3 is 2.88 bits per heavy atom. The van der Waals surface area contributed by atoms with E-state index in [1.165, 1.54) is 0 Å². The summed E-state index contributed by atoms with van der Waals surface area (Å²) in [6.45, 7) is -1.03. The highest BCUT2D eigenvalue weighted by molar-refractivity contribution is 8.34. The Balaban J connectivity index is 2.99. The van der Waals surface area contributed by atoms with Crippen LogP contribution in [-0.2, 0) is 4.18 Å². The number of hydrogen-bond donors (Lipinski definition) is 1. The van der Waals surface area contributed by atoms with Crippen LogP contribution < -0.4 is 0 Å². The fraction of sp³-hybridized carbons (Fsp3) is 0.500. The minimum Gasteiger partial charge on any atom is -0.323 e. The lowest BCUT2D eigenvalue weighted by molar-refractivity contribution is 0.223. The van der Waals surface area contributed by atoms with Crippen molar-refractivity contribution in [3.05, 3.63) is 0 Å². The van der Waals surface area contributed by atoms with Crippen molar-refractivity contribution in [2.24, 2.45) is 0 Å². The summed E-state index contributed by atoms with van der Waals surface area (Å²) in [5.41, 5.74) is 0. The zero-order valence-electron chi connectivity index (χ0n) is 3.67. The molecule has 0 unspecified atom stereocenters. The van der Waals surface area contributed by atoms with Gasteiger partial charge in [0.25, 0.3) is 4.45 Å². The van der Waals surface area contributed by atoms with Crippen LogP contribution >= 0.6 is 24.1 Å². The topological polar surface area (TPSA) is 46.5 Å². The highest BCUT2D eigenvalue weighted by atomic mass is 32.2. The molecule has 6 heteroatoms. The van der Waals surface area contributed by atoms with Crippen molar-refractivity contribution < 1.29 is 17.9 Å². The largest absolute Gasteiger partial charge is 0.323 e. The van der Waals surface area contributed by atoms with E-state index in [-0.39, 0.29) is 24.1 Å². The first-order valence-electron chi connectivity index (χ1n) is 1.52. The molecule has 0 spiro atoms. The molecule has 0 heterocycles. The Kier molecular flexibility index (Phi) is 5.51. The average Bonchev–Trinajstić information content (AvgIpc) is 1.83. The van der Waals surface area contributed by atoms with Crippen molar-refractivity contribution in [3.8, 4) is 0 Å². The van der Waals surface area contributed by atoms with Gasteiger partial charge in [0.05, 0.1) is 24.1 Å². The van der Waals surface area contributed by atoms with Gasteiger partial charge in [0.1, 0.15) is 0 Å². The molecule has 0 aromatic heterocycles. The molecule has 48 valence electrons. The van der Waals surface area contributed by atoms with E-state index in [1.807, 2.05) is 0 Å². The van der Waals surface area contributed by atoms with Crippen LogP contribution in [0.2, 0.25) is 0 Å². The van der Waals surface area contributed by atoms with Crippen LogP contribution in [0.1, 0.15) is 0 Å². The van der Waals surface area contributed by atoms with E-state index >= 15 is 0 Å². The standard InChI is InChI=1S/C2H3FO3S2/c3-1-6-8-2(4)7-5/h5H,1H2. The summed E-state index contributed by atoms with van der Waals surface area (Å²) in [4.78, 5) is 9.95. The van der Waals surface area contributed by atoms with Gasteiger partial charge in [-0.05, 0) is 0 Å². The van der Waals surface area contributed by atoms with E-state index in [4.69, 9.17) is 4.55 Å². The van der Waals surface area contributed by atoms with E-state index < -0.39 is 11.3 Å². The maximum Gasteiger partial charge on any atom is 0.299 e. The summed E-state index contributed by atoms with van der Waals surface area (Å²) >= 11 is 0.273. The molecule has 0 radical (unpaired) electrons. The third-order valence-electron chi connectivity index (χ3n) is 0.246. The molecule has 8 heavy (non-hydrogen) atoms. The fourth-order valence-corrected chi connectivity index (χ4v) is 0.492. The van der Waals surface area contributed by atoms with Gasteiger partial charge in [-0.25, -0.2) is 4.39 Å². The highest BCUT2D eigenvalue weighted by Crippen LogP contribution is 2.13. The van der Waals surface area contributed by atoms with Gasteiger partial charge in [-0.2, -0.15) is 0 Å². The minimum absolute atomic E-state index is 0.00287. The monoisotopic (exact) mass is 158 g/mol. The summed E-state index contributed by atoms with van der Waals surface area (Å²) in [7, 11) is 0. The lowest BCUT2D eigenvalue weighted by Gasteiger charge is -1.88. The molecule has 3 nitrogen and oxygen atoms in total. The Bertz CT molecular complexity index is 77.7. The fourth-order valence-electron chi connectivity index (χ4n) is 0.0856. The van der Waals surface area contributed by atoms with Crippen LogP contribution in [0.5, 0.6) is 0 Å². The molecule has 0 aliphatic rings. The van der Waals surface area contributed by atoms with Gasteiger partial charge in [-0.15, -0.1) is 0 Å². The quantitative estimate of drug-likeness (QED) is 0.622. The molecule has 0 saturated heterocycles. The summed E-state index contributed by atoms with van der Waals surface area (Å²) in [6, 6.07) is 0. The van der Waals surface area contributed by atoms with Crippen LogP contribution in [0.4, 0.5) is 9.18 Å². The molecule has 0 aromatic rings. The van der Waals surface area contributed by atoms with E-state index in [9.17, 15) is 9.18 Å². The van der Waals surface area contributed by atoms with E-state index in [1.54, 1.807) is 0 Å². The number of carbonyl (C=O) groups is 1. The first-order valence-corrected chi connectivity index (χ1v) is 3.03. The summed E-state index contributed by atoms with van der Waals surface area (Å²) < 4.78 is 22.1. The van der Waals surface area contributed by atoms with Gasteiger partial charge < -0.3 is 4.55 Å². The van der Waals surface area contributed by atoms with Crippen LogP contribution in [0.15, 0.2) is 0 Å². The Hall–Kier alpha value is 0.220. The Morgan fingerprint density at radius 1 is 1.88 bits per heavy atom. The van der Waals surface area contributed by atoms with Crippen molar-refractivity contribution in [2.45, 2.75) is 0 Å². The van der Waals surface area contributed by atoms with Gasteiger partial charge in [0.15, 0.2) is 0 Å². The number of halogens is 1. The molecule has 1 N–H and O–H groups in total. The molecule has 0 bridgehead atoms. The first kappa shape index (κ1) is 8.22. The molecule has 0 aromatic carbocycles. The number of alkyl halides is 1. The summed E-state index contributed by atoms with van der Waals surface area (Å²) in [6.07, 6.45) is 0. The zero-order valence-corrected chi connectivity index (χ0v) is 5.30. The SMILES string of the molecule is O=C(SO)SOCF. The second-order valence-electron chi connectivity index (χ2n) is 0.652. The smallest absolute Gasteiger partial charge is 0.299 e. The lowest BCUT2D eigenvalue weighted by Crippen LogP contribution is -1.81. The van der Waals surface area contributed by atoms with Crippen molar-refractivity contribution in [2.75, 3.05) is 6.86 Å². The van der Waals surface area contributed by atoms with Crippen molar-refractivity contribution in [3.63, 3.8) is 0 Å². The van der Waals surface area contributed by atoms with Crippen LogP contribution in [-0.4, -0.2) is 15.9 Å². The van der Waals surface area contributed by atoms with E-state index in [0.29, 0.717) is 0 Å². The highest BCUT2D eigenvalue weighted by Gasteiger charge is 2.00. The maximum atomic E-state index is 11.0. The number of hydrogen-bond acceptors (Lipinski definition) is 5. The molecule has 0 saturated carbocycles.